The van der Waals surface area contributed by atoms with Gasteiger partial charge in [0, 0.05) is 13.1 Å². The number of hydrogen-bond donors (Lipinski definition) is 6. The van der Waals surface area contributed by atoms with Crippen molar-refractivity contribution >= 4 is 12.1 Å². The van der Waals surface area contributed by atoms with Crippen LogP contribution in [0.25, 0.3) is 0 Å². The number of aliphatic hydroxyl groups is 2. The van der Waals surface area contributed by atoms with E-state index in [-0.39, 0.29) is 37.4 Å². The Morgan fingerprint density at radius 1 is 0.750 bits per heavy atom. The van der Waals surface area contributed by atoms with E-state index < -0.39 is 0 Å². The predicted molar refractivity (Wildman–Crippen MR) is 93.9 cm³/mol. The zero-order chi connectivity index (χ0) is 18.2. The van der Waals surface area contributed by atoms with E-state index in [4.69, 9.17) is 10.2 Å². The summed E-state index contributed by atoms with van der Waals surface area (Å²) in [6.45, 7) is 4.89. The molecule has 0 bridgehead atoms. The average Bonchev–Trinajstić information content (AvgIpc) is 2.59. The summed E-state index contributed by atoms with van der Waals surface area (Å²) >= 11 is 0. The van der Waals surface area contributed by atoms with E-state index in [1.807, 2.05) is 13.8 Å². The van der Waals surface area contributed by atoms with Crippen LogP contribution in [-0.4, -0.2) is 60.7 Å². The molecule has 0 aromatic rings. The van der Waals surface area contributed by atoms with Crippen LogP contribution in [0.4, 0.5) is 9.59 Å². The van der Waals surface area contributed by atoms with E-state index in [0.717, 1.165) is 25.7 Å². The second-order valence-electron chi connectivity index (χ2n) is 5.79. The molecule has 0 spiro atoms. The maximum absolute atomic E-state index is 11.5. The van der Waals surface area contributed by atoms with Gasteiger partial charge in [-0.3, -0.25) is 0 Å². The van der Waals surface area contributed by atoms with Gasteiger partial charge in [-0.25, -0.2) is 9.59 Å². The van der Waals surface area contributed by atoms with E-state index >= 15 is 0 Å². The number of rotatable bonds is 13. The molecule has 0 unspecified atom stereocenters. The normalized spacial score (nSPS) is 13.0. The lowest BCUT2D eigenvalue weighted by Gasteiger charge is -2.15. The number of amides is 4. The lowest BCUT2D eigenvalue weighted by molar-refractivity contribution is 0.214. The number of carbonyl (C=O) groups excluding carboxylic acids is 2. The largest absolute Gasteiger partial charge is 0.394 e. The van der Waals surface area contributed by atoms with Gasteiger partial charge in [-0.2, -0.15) is 0 Å². The van der Waals surface area contributed by atoms with Crippen molar-refractivity contribution in [2.75, 3.05) is 26.3 Å². The van der Waals surface area contributed by atoms with Crippen molar-refractivity contribution in [3.8, 4) is 0 Å². The van der Waals surface area contributed by atoms with Crippen LogP contribution in [0.2, 0.25) is 0 Å². The van der Waals surface area contributed by atoms with Crippen LogP contribution in [-0.2, 0) is 0 Å². The van der Waals surface area contributed by atoms with Crippen LogP contribution in [0, 0.1) is 0 Å². The molecule has 0 aromatic carbocycles. The molecule has 8 nitrogen and oxygen atoms in total. The highest BCUT2D eigenvalue weighted by Crippen LogP contribution is 1.98. The Morgan fingerprint density at radius 2 is 1.12 bits per heavy atom. The van der Waals surface area contributed by atoms with E-state index in [9.17, 15) is 9.59 Å². The molecule has 0 aliphatic rings. The summed E-state index contributed by atoms with van der Waals surface area (Å²) in [4.78, 5) is 23.0. The first-order valence-corrected chi connectivity index (χ1v) is 8.87. The number of nitrogens with one attached hydrogen (secondary N) is 4. The molecule has 0 saturated heterocycles. The molecule has 0 radical (unpaired) electrons. The van der Waals surface area contributed by atoms with Gasteiger partial charge < -0.3 is 31.5 Å². The Morgan fingerprint density at radius 3 is 1.42 bits per heavy atom. The van der Waals surface area contributed by atoms with Crippen LogP contribution in [0.1, 0.15) is 52.4 Å². The standard InChI is InChI=1S/C16H34N4O4/c1-3-13(11-21)19-15(23)17-9-7-5-6-8-10-18-16(24)20-14(4-2)12-22/h13-14,21-22H,3-12H2,1-2H3,(H2,17,19,23)(H2,18,20,24)/t13-,14-/m1/s1. The number of aliphatic hydroxyl groups excluding tert-OH is 2. The number of carbonyl (C=O) groups is 2. The maximum Gasteiger partial charge on any atom is 0.315 e. The molecule has 0 aliphatic carbocycles. The van der Waals surface area contributed by atoms with Crippen LogP contribution in [0.3, 0.4) is 0 Å². The molecular weight excluding hydrogens is 312 g/mol. The summed E-state index contributed by atoms with van der Waals surface area (Å²) in [5, 5.41) is 28.9. The van der Waals surface area contributed by atoms with Gasteiger partial charge in [0.25, 0.3) is 0 Å². The van der Waals surface area contributed by atoms with Crippen LogP contribution < -0.4 is 21.3 Å². The van der Waals surface area contributed by atoms with Gasteiger partial charge in [0.1, 0.15) is 0 Å². The topological polar surface area (TPSA) is 123 Å². The van der Waals surface area contributed by atoms with Crippen LogP contribution in [0.15, 0.2) is 0 Å². The predicted octanol–water partition coefficient (Wildman–Crippen LogP) is 0.687. The molecule has 142 valence electrons. The van der Waals surface area contributed by atoms with E-state index in [2.05, 4.69) is 21.3 Å². The summed E-state index contributed by atoms with van der Waals surface area (Å²) < 4.78 is 0. The van der Waals surface area contributed by atoms with E-state index in [1.54, 1.807) is 0 Å². The number of urea groups is 2. The Kier molecular flexibility index (Phi) is 14.1. The van der Waals surface area contributed by atoms with Crippen LogP contribution in [0.5, 0.6) is 0 Å². The minimum Gasteiger partial charge on any atom is -0.394 e. The van der Waals surface area contributed by atoms with E-state index in [1.165, 1.54) is 0 Å². The van der Waals surface area contributed by atoms with Crippen molar-refractivity contribution in [3.05, 3.63) is 0 Å². The minimum atomic E-state index is -0.247. The van der Waals surface area contributed by atoms with Crippen molar-refractivity contribution in [2.45, 2.75) is 64.5 Å². The Balaban J connectivity index is 3.48. The van der Waals surface area contributed by atoms with Crippen molar-refractivity contribution < 1.29 is 19.8 Å². The quantitative estimate of drug-likeness (QED) is 0.275. The molecule has 24 heavy (non-hydrogen) atoms. The third kappa shape index (κ3) is 12.0. The van der Waals surface area contributed by atoms with Gasteiger partial charge in [0.2, 0.25) is 0 Å². The summed E-state index contributed by atoms with van der Waals surface area (Å²) in [6, 6.07) is -0.882. The monoisotopic (exact) mass is 346 g/mol. The first-order valence-electron chi connectivity index (χ1n) is 8.87. The highest BCUT2D eigenvalue weighted by molar-refractivity contribution is 5.74. The average molecular weight is 346 g/mol. The second-order valence-corrected chi connectivity index (χ2v) is 5.79. The molecule has 0 fully saturated rings. The summed E-state index contributed by atoms with van der Waals surface area (Å²) in [5.41, 5.74) is 0. The third-order valence-corrected chi connectivity index (χ3v) is 3.77. The molecule has 2 atom stereocenters. The molecule has 0 aromatic heterocycles. The highest BCUT2D eigenvalue weighted by Gasteiger charge is 2.08. The SMILES string of the molecule is CC[C@H](CO)NC(=O)NCCCCCCNC(=O)N[C@H](CC)CO. The fraction of sp³-hybridized carbons (Fsp3) is 0.875. The highest BCUT2D eigenvalue weighted by atomic mass is 16.3. The van der Waals surface area contributed by atoms with Crippen molar-refractivity contribution in [1.29, 1.82) is 0 Å². The van der Waals surface area contributed by atoms with Crippen molar-refractivity contribution in [1.82, 2.24) is 21.3 Å². The summed E-state index contributed by atoms with van der Waals surface area (Å²) in [5.74, 6) is 0. The Labute approximate surface area is 144 Å². The summed E-state index contributed by atoms with van der Waals surface area (Å²) in [7, 11) is 0. The fourth-order valence-corrected chi connectivity index (χ4v) is 2.03. The third-order valence-electron chi connectivity index (χ3n) is 3.77. The van der Waals surface area contributed by atoms with E-state index in [0.29, 0.717) is 25.9 Å². The number of hydrogen-bond acceptors (Lipinski definition) is 4. The minimum absolute atomic E-state index is 0.0538. The first kappa shape index (κ1) is 22.5. The van der Waals surface area contributed by atoms with Gasteiger partial charge in [-0.1, -0.05) is 26.7 Å². The van der Waals surface area contributed by atoms with Gasteiger partial charge in [-0.05, 0) is 25.7 Å². The van der Waals surface area contributed by atoms with Crippen molar-refractivity contribution in [3.63, 3.8) is 0 Å². The maximum atomic E-state index is 11.5. The zero-order valence-corrected chi connectivity index (χ0v) is 14.9. The van der Waals surface area contributed by atoms with Crippen LogP contribution >= 0.6 is 0 Å². The molecule has 8 heteroatoms. The lowest BCUT2D eigenvalue weighted by atomic mass is 10.2. The molecular formula is C16H34N4O4. The molecule has 0 aliphatic heterocycles. The lowest BCUT2D eigenvalue weighted by Crippen LogP contribution is -2.43. The second kappa shape index (κ2) is 15.0. The zero-order valence-electron chi connectivity index (χ0n) is 14.9. The molecule has 4 amide bonds. The molecule has 0 rings (SSSR count). The van der Waals surface area contributed by atoms with Gasteiger partial charge in [0.05, 0.1) is 25.3 Å². The van der Waals surface area contributed by atoms with Gasteiger partial charge in [0.15, 0.2) is 0 Å². The Hall–Kier alpha value is -1.54. The Bertz CT molecular complexity index is 302. The molecule has 0 saturated carbocycles. The fourth-order valence-electron chi connectivity index (χ4n) is 2.03. The summed E-state index contributed by atoms with van der Waals surface area (Å²) in [6.07, 6.45) is 5.07. The molecule has 6 N–H and O–H groups in total. The first-order chi connectivity index (χ1) is 11.6. The smallest absolute Gasteiger partial charge is 0.315 e. The molecule has 0 heterocycles. The van der Waals surface area contributed by atoms with Gasteiger partial charge in [-0.15, -0.1) is 0 Å². The van der Waals surface area contributed by atoms with Crippen molar-refractivity contribution in [2.24, 2.45) is 0 Å². The number of unbranched alkanes of at least 4 members (excludes halogenated alkanes) is 3. The van der Waals surface area contributed by atoms with Gasteiger partial charge >= 0.3 is 12.1 Å².